The summed E-state index contributed by atoms with van der Waals surface area (Å²) in [6, 6.07) is 9.94. The van der Waals surface area contributed by atoms with Crippen LogP contribution < -0.4 is 18.9 Å². The Bertz CT molecular complexity index is 886. The van der Waals surface area contributed by atoms with Gasteiger partial charge < -0.3 is 23.8 Å². The van der Waals surface area contributed by atoms with Crippen LogP contribution in [0.25, 0.3) is 6.08 Å². The largest absolute Gasteiger partial charge is 0.493 e. The van der Waals surface area contributed by atoms with Crippen LogP contribution in [-0.4, -0.2) is 45.3 Å². The van der Waals surface area contributed by atoms with Crippen molar-refractivity contribution < 1.29 is 32.5 Å². The molecular formula is C22H25F2NO5. The first-order valence-electron chi connectivity index (χ1n) is 9.24. The molecule has 0 aliphatic heterocycles. The summed E-state index contributed by atoms with van der Waals surface area (Å²) in [5.41, 5.74) is 1.41. The van der Waals surface area contributed by atoms with E-state index in [1.54, 1.807) is 46.4 Å². The van der Waals surface area contributed by atoms with Crippen molar-refractivity contribution in [2.75, 3.05) is 27.9 Å². The Morgan fingerprint density at radius 1 is 1.10 bits per heavy atom. The number of ether oxygens (including phenoxy) is 4. The van der Waals surface area contributed by atoms with Crippen LogP contribution in [0.3, 0.4) is 0 Å². The van der Waals surface area contributed by atoms with E-state index in [4.69, 9.17) is 14.2 Å². The summed E-state index contributed by atoms with van der Waals surface area (Å²) >= 11 is 0. The van der Waals surface area contributed by atoms with Crippen molar-refractivity contribution in [3.8, 4) is 23.0 Å². The molecule has 2 rings (SSSR count). The highest BCUT2D eigenvalue weighted by Gasteiger charge is 2.14. The minimum atomic E-state index is -2.95. The van der Waals surface area contributed by atoms with Gasteiger partial charge in [-0.25, -0.2) is 0 Å². The molecule has 30 heavy (non-hydrogen) atoms. The van der Waals surface area contributed by atoms with Crippen molar-refractivity contribution in [1.29, 1.82) is 0 Å². The first-order chi connectivity index (χ1) is 14.4. The maximum Gasteiger partial charge on any atom is 0.387 e. The molecule has 0 radical (unpaired) electrons. The second-order valence-corrected chi connectivity index (χ2v) is 6.20. The maximum absolute atomic E-state index is 12.5. The van der Waals surface area contributed by atoms with Crippen molar-refractivity contribution in [1.82, 2.24) is 4.90 Å². The molecule has 0 unspecified atom stereocenters. The predicted octanol–water partition coefficient (Wildman–Crippen LogP) is 4.38. The number of benzene rings is 2. The number of likely N-dealkylation sites (N-methyl/N-ethyl adjacent to an activating group) is 1. The molecule has 0 spiro atoms. The molecule has 0 bridgehead atoms. The predicted molar refractivity (Wildman–Crippen MR) is 109 cm³/mol. The van der Waals surface area contributed by atoms with Crippen LogP contribution in [0.2, 0.25) is 0 Å². The van der Waals surface area contributed by atoms with Gasteiger partial charge in [0.2, 0.25) is 5.91 Å². The van der Waals surface area contributed by atoms with Gasteiger partial charge in [0, 0.05) is 25.2 Å². The minimum absolute atomic E-state index is 0.0578. The summed E-state index contributed by atoms with van der Waals surface area (Å²) < 4.78 is 45.5. The molecule has 0 fully saturated rings. The third-order valence-electron chi connectivity index (χ3n) is 4.17. The summed E-state index contributed by atoms with van der Waals surface area (Å²) in [6.07, 6.45) is 2.97. The van der Waals surface area contributed by atoms with Gasteiger partial charge in [0.05, 0.1) is 20.8 Å². The number of hydrogen-bond acceptors (Lipinski definition) is 5. The lowest BCUT2D eigenvalue weighted by Crippen LogP contribution is -2.24. The van der Waals surface area contributed by atoms with Crippen molar-refractivity contribution >= 4 is 12.0 Å². The molecule has 0 aromatic heterocycles. The molecule has 0 aliphatic rings. The molecular weight excluding hydrogens is 396 g/mol. The zero-order chi connectivity index (χ0) is 22.1. The number of carbonyl (C=O) groups is 1. The average Bonchev–Trinajstić information content (AvgIpc) is 2.73. The Balaban J connectivity index is 2.12. The zero-order valence-corrected chi connectivity index (χ0v) is 17.4. The van der Waals surface area contributed by atoms with E-state index < -0.39 is 6.61 Å². The van der Waals surface area contributed by atoms with E-state index in [9.17, 15) is 13.6 Å². The number of nitrogens with zero attached hydrogens (tertiary/aromatic N) is 1. The molecule has 1 amide bonds. The quantitative estimate of drug-likeness (QED) is 0.533. The highest BCUT2D eigenvalue weighted by atomic mass is 19.3. The number of amides is 1. The second-order valence-electron chi connectivity index (χ2n) is 6.20. The van der Waals surface area contributed by atoms with Crippen molar-refractivity contribution in [2.24, 2.45) is 0 Å². The number of para-hydroxylation sites is 1. The summed E-state index contributed by atoms with van der Waals surface area (Å²) in [5.74, 6) is 1.03. The minimum Gasteiger partial charge on any atom is -0.493 e. The average molecular weight is 421 g/mol. The lowest BCUT2D eigenvalue weighted by atomic mass is 10.1. The van der Waals surface area contributed by atoms with Gasteiger partial charge in [-0.1, -0.05) is 18.2 Å². The second kappa shape index (κ2) is 11.0. The van der Waals surface area contributed by atoms with Gasteiger partial charge >= 0.3 is 6.61 Å². The molecule has 0 atom stereocenters. The zero-order valence-electron chi connectivity index (χ0n) is 17.4. The van der Waals surface area contributed by atoms with Gasteiger partial charge in [0.15, 0.2) is 23.0 Å². The monoisotopic (exact) mass is 421 g/mol. The fourth-order valence-corrected chi connectivity index (χ4v) is 2.80. The third kappa shape index (κ3) is 6.10. The van der Waals surface area contributed by atoms with E-state index in [2.05, 4.69) is 4.74 Å². The Hall–Kier alpha value is -3.29. The van der Waals surface area contributed by atoms with Crippen molar-refractivity contribution in [3.63, 3.8) is 0 Å². The lowest BCUT2D eigenvalue weighted by molar-refractivity contribution is -0.125. The highest BCUT2D eigenvalue weighted by molar-refractivity contribution is 5.91. The smallest absolute Gasteiger partial charge is 0.387 e. The van der Waals surface area contributed by atoms with Crippen molar-refractivity contribution in [3.05, 3.63) is 53.6 Å². The first kappa shape index (κ1) is 23.0. The number of hydrogen-bond donors (Lipinski definition) is 0. The van der Waals surface area contributed by atoms with Crippen LogP contribution >= 0.6 is 0 Å². The van der Waals surface area contributed by atoms with Crippen LogP contribution in [0.1, 0.15) is 18.1 Å². The number of methoxy groups -OCH3 is 2. The Morgan fingerprint density at radius 3 is 2.50 bits per heavy atom. The maximum atomic E-state index is 12.5. The number of alkyl halides is 2. The van der Waals surface area contributed by atoms with Gasteiger partial charge in [0.1, 0.15) is 0 Å². The standard InChI is InChI=1S/C22H25F2NO5/c1-5-29-19-13-15(9-11-17(19)30-22(23)24)10-12-20(26)25(2)14-16-7-6-8-18(27-3)21(16)28-4/h6-13,22H,5,14H2,1-4H3/b12-10+. The topological polar surface area (TPSA) is 57.2 Å². The molecule has 162 valence electrons. The number of carbonyl (C=O) groups excluding carboxylic acids is 1. The lowest BCUT2D eigenvalue weighted by Gasteiger charge is -2.18. The van der Waals surface area contributed by atoms with E-state index >= 15 is 0 Å². The van der Waals surface area contributed by atoms with Gasteiger partial charge in [-0.3, -0.25) is 4.79 Å². The van der Waals surface area contributed by atoms with Crippen LogP contribution in [-0.2, 0) is 11.3 Å². The van der Waals surface area contributed by atoms with Gasteiger partial charge in [-0.2, -0.15) is 8.78 Å². The molecule has 0 saturated carbocycles. The summed E-state index contributed by atoms with van der Waals surface area (Å²) in [6.45, 7) is -0.611. The summed E-state index contributed by atoms with van der Waals surface area (Å²) in [7, 11) is 4.75. The molecule has 0 saturated heterocycles. The first-order valence-corrected chi connectivity index (χ1v) is 9.24. The fourth-order valence-electron chi connectivity index (χ4n) is 2.80. The highest BCUT2D eigenvalue weighted by Crippen LogP contribution is 2.32. The van der Waals surface area contributed by atoms with Crippen molar-refractivity contribution in [2.45, 2.75) is 20.1 Å². The Morgan fingerprint density at radius 2 is 1.87 bits per heavy atom. The molecule has 2 aromatic carbocycles. The van der Waals surface area contributed by atoms with Crippen LogP contribution in [0.4, 0.5) is 8.78 Å². The molecule has 6 nitrogen and oxygen atoms in total. The van der Waals surface area contributed by atoms with Gasteiger partial charge in [-0.05, 0) is 36.8 Å². The van der Waals surface area contributed by atoms with E-state index in [1.807, 2.05) is 12.1 Å². The van der Waals surface area contributed by atoms with E-state index in [0.29, 0.717) is 23.6 Å². The van der Waals surface area contributed by atoms with Crippen LogP contribution in [0.5, 0.6) is 23.0 Å². The molecule has 8 heteroatoms. The van der Waals surface area contributed by atoms with E-state index in [1.165, 1.54) is 23.1 Å². The third-order valence-corrected chi connectivity index (χ3v) is 4.17. The summed E-state index contributed by atoms with van der Waals surface area (Å²) in [4.78, 5) is 14.0. The normalized spacial score (nSPS) is 10.9. The van der Waals surface area contributed by atoms with Gasteiger partial charge in [-0.15, -0.1) is 0 Å². The van der Waals surface area contributed by atoms with E-state index in [0.717, 1.165) is 5.56 Å². The summed E-state index contributed by atoms with van der Waals surface area (Å²) in [5, 5.41) is 0. The fraction of sp³-hybridized carbons (Fsp3) is 0.318. The molecule has 0 N–H and O–H groups in total. The molecule has 0 aliphatic carbocycles. The van der Waals surface area contributed by atoms with Crippen LogP contribution in [0.15, 0.2) is 42.5 Å². The number of rotatable bonds is 10. The number of halogens is 2. The molecule has 0 heterocycles. The SMILES string of the molecule is CCOc1cc(/C=C/C(=O)N(C)Cc2cccc(OC)c2OC)ccc1OC(F)F. The Kier molecular flexibility index (Phi) is 8.46. The van der Waals surface area contributed by atoms with E-state index in [-0.39, 0.29) is 24.0 Å². The Labute approximate surface area is 174 Å². The van der Waals surface area contributed by atoms with Gasteiger partial charge in [0.25, 0.3) is 0 Å². The van der Waals surface area contributed by atoms with Crippen LogP contribution in [0, 0.1) is 0 Å². The molecule has 2 aromatic rings.